The zero-order valence-electron chi connectivity index (χ0n) is 6.63. The van der Waals surface area contributed by atoms with E-state index in [1.54, 1.807) is 22.9 Å². The molecule has 0 amide bonds. The quantitative estimate of drug-likeness (QED) is 0.552. The third-order valence-electron chi connectivity index (χ3n) is 2.30. The molecule has 0 heterocycles. The summed E-state index contributed by atoms with van der Waals surface area (Å²) in [5.41, 5.74) is 0.615. The average molecular weight is 216 g/mol. The molecule has 0 aromatic carbocycles. The van der Waals surface area contributed by atoms with Crippen molar-refractivity contribution in [3.63, 3.8) is 0 Å². The molecular weight excluding hydrogens is 203 g/mol. The van der Waals surface area contributed by atoms with Gasteiger partial charge in [0, 0.05) is 0 Å². The van der Waals surface area contributed by atoms with Crippen LogP contribution in [0.4, 0.5) is 0 Å². The predicted molar refractivity (Wildman–Crippen MR) is 46.5 cm³/mol. The number of aliphatic carboxylic acids is 1. The summed E-state index contributed by atoms with van der Waals surface area (Å²) < 4.78 is 0.0353. The Morgan fingerprint density at radius 2 is 2.18 bits per heavy atom. The molecule has 0 aromatic heterocycles. The predicted octanol–water partition coefficient (Wildman–Crippen LogP) is 0.993. The number of hydrogen-bond acceptors (Lipinski definition) is 1. The molecule has 1 saturated carbocycles. The summed E-state index contributed by atoms with van der Waals surface area (Å²) in [5.74, 6) is -0.739. The van der Waals surface area contributed by atoms with Gasteiger partial charge >= 0.3 is 74.8 Å². The van der Waals surface area contributed by atoms with Gasteiger partial charge in [0.25, 0.3) is 0 Å². The van der Waals surface area contributed by atoms with E-state index < -0.39 is 5.97 Å². The van der Waals surface area contributed by atoms with Crippen LogP contribution in [0.25, 0.3) is 0 Å². The van der Waals surface area contributed by atoms with Crippen molar-refractivity contribution in [2.24, 2.45) is 0 Å². The van der Waals surface area contributed by atoms with E-state index in [-0.39, 0.29) is 4.20 Å². The van der Waals surface area contributed by atoms with Gasteiger partial charge in [-0.1, -0.05) is 0 Å². The molecule has 1 unspecified atom stereocenters. The normalized spacial score (nSPS) is 22.5. The molecule has 1 rings (SSSR count). The van der Waals surface area contributed by atoms with Gasteiger partial charge in [0.15, 0.2) is 0 Å². The Kier molecular flexibility index (Phi) is 2.43. The first-order valence-electron chi connectivity index (χ1n) is 3.79. The van der Waals surface area contributed by atoms with Gasteiger partial charge < -0.3 is 0 Å². The first kappa shape index (κ1) is 8.86. The van der Waals surface area contributed by atoms with Crippen molar-refractivity contribution >= 4 is 22.8 Å². The summed E-state index contributed by atoms with van der Waals surface area (Å²) >= 11 is 1.56. The van der Waals surface area contributed by atoms with Crippen LogP contribution < -0.4 is 0 Å². The Hall–Kier alpha value is -0.232. The van der Waals surface area contributed by atoms with E-state index in [0.29, 0.717) is 5.57 Å². The maximum absolute atomic E-state index is 10.7. The zero-order chi connectivity index (χ0) is 8.48. The van der Waals surface area contributed by atoms with E-state index >= 15 is 0 Å². The molecule has 1 N–H and O–H groups in total. The Balaban J connectivity index is 2.78. The van der Waals surface area contributed by atoms with Crippen molar-refractivity contribution in [3.05, 3.63) is 11.6 Å². The molecule has 1 fully saturated rings. The van der Waals surface area contributed by atoms with Crippen LogP contribution in [-0.2, 0) is 4.79 Å². The van der Waals surface area contributed by atoms with Crippen LogP contribution in [0, 0.1) is 0 Å². The van der Waals surface area contributed by atoms with Crippen LogP contribution in [0.2, 0.25) is 4.20 Å². The molecule has 62 valence electrons. The molecule has 1 atom stereocenters. The molecule has 3 heteroatoms. The first-order valence-corrected chi connectivity index (χ1v) is 5.00. The first-order chi connectivity index (χ1) is 5.10. The van der Waals surface area contributed by atoms with Crippen molar-refractivity contribution < 1.29 is 9.90 Å². The molecule has 0 bridgehead atoms. The minimum absolute atomic E-state index is 0.0353. The molecule has 1 aliphatic rings. The van der Waals surface area contributed by atoms with Gasteiger partial charge in [-0.05, 0) is 0 Å². The number of carbonyl (C=O) groups is 1. The third kappa shape index (κ3) is 1.51. The van der Waals surface area contributed by atoms with E-state index in [2.05, 4.69) is 0 Å². The Morgan fingerprint density at radius 1 is 1.64 bits per heavy atom. The van der Waals surface area contributed by atoms with E-state index in [1.165, 1.54) is 6.42 Å². The topological polar surface area (TPSA) is 37.3 Å². The average Bonchev–Trinajstić information content (AvgIpc) is 1.85. The van der Waals surface area contributed by atoms with Crippen LogP contribution in [0.1, 0.15) is 26.2 Å². The second kappa shape index (κ2) is 3.02. The zero-order valence-corrected chi connectivity index (χ0v) is 9.05. The number of hydrogen-bond donors (Lipinski definition) is 1. The van der Waals surface area contributed by atoms with E-state index in [4.69, 9.17) is 5.11 Å². The fraction of sp³-hybridized carbons (Fsp3) is 0.625. The summed E-state index contributed by atoms with van der Waals surface area (Å²) in [5, 5.41) is 8.82. The molecule has 0 radical (unpaired) electrons. The molecule has 0 spiro atoms. The van der Waals surface area contributed by atoms with Gasteiger partial charge in [-0.3, -0.25) is 0 Å². The van der Waals surface area contributed by atoms with Crippen molar-refractivity contribution in [1.82, 2.24) is 0 Å². The van der Waals surface area contributed by atoms with Crippen molar-refractivity contribution in [2.75, 3.05) is 0 Å². The SMILES string of the molecule is C/C=C(/C(=O)O)C1([AsH2])CCC1. The van der Waals surface area contributed by atoms with Crippen molar-refractivity contribution in [3.8, 4) is 0 Å². The second-order valence-electron chi connectivity index (χ2n) is 3.02. The molecule has 2 nitrogen and oxygen atoms in total. The fourth-order valence-electron chi connectivity index (χ4n) is 1.45. The molecule has 0 aliphatic heterocycles. The summed E-state index contributed by atoms with van der Waals surface area (Å²) in [6.07, 6.45) is 5.03. The number of rotatable bonds is 2. The number of carboxylic acid groups (broad SMARTS) is 1. The van der Waals surface area contributed by atoms with Gasteiger partial charge in [0.2, 0.25) is 0 Å². The van der Waals surface area contributed by atoms with Crippen LogP contribution in [0.15, 0.2) is 11.6 Å². The van der Waals surface area contributed by atoms with E-state index in [1.807, 2.05) is 6.92 Å². The van der Waals surface area contributed by atoms with Gasteiger partial charge in [-0.2, -0.15) is 0 Å². The van der Waals surface area contributed by atoms with Crippen LogP contribution in [0.3, 0.4) is 0 Å². The van der Waals surface area contributed by atoms with Crippen LogP contribution >= 0.6 is 0 Å². The molecule has 11 heavy (non-hydrogen) atoms. The number of carboxylic acids is 1. The van der Waals surface area contributed by atoms with Crippen molar-refractivity contribution in [1.29, 1.82) is 0 Å². The third-order valence-corrected chi connectivity index (χ3v) is 4.17. The Labute approximate surface area is 75.2 Å². The fourth-order valence-corrected chi connectivity index (χ4v) is 2.92. The summed E-state index contributed by atoms with van der Waals surface area (Å²) in [7, 11) is 0. The molecule has 0 saturated heterocycles. The second-order valence-corrected chi connectivity index (χ2v) is 5.34. The maximum atomic E-state index is 10.7. The molecule has 1 aliphatic carbocycles. The van der Waals surface area contributed by atoms with Crippen LogP contribution in [-0.4, -0.2) is 27.9 Å². The Morgan fingerprint density at radius 3 is 2.27 bits per heavy atom. The van der Waals surface area contributed by atoms with Gasteiger partial charge in [0.1, 0.15) is 0 Å². The molecular formula is C8H13AsO2. The van der Waals surface area contributed by atoms with E-state index in [0.717, 1.165) is 12.8 Å². The van der Waals surface area contributed by atoms with Gasteiger partial charge in [0.05, 0.1) is 0 Å². The monoisotopic (exact) mass is 216 g/mol. The minimum atomic E-state index is -0.739. The summed E-state index contributed by atoms with van der Waals surface area (Å²) in [6, 6.07) is 0. The standard InChI is InChI=1S/C8H13AsO2/c1-2-6(7(10)11)8(9)4-3-5-8/h2H,3-5,9H2,1H3,(H,10,11)/b6-2-. The summed E-state index contributed by atoms with van der Waals surface area (Å²) in [4.78, 5) is 10.7. The molecule has 0 aromatic rings. The van der Waals surface area contributed by atoms with E-state index in [9.17, 15) is 4.79 Å². The van der Waals surface area contributed by atoms with Crippen LogP contribution in [0.5, 0.6) is 0 Å². The van der Waals surface area contributed by atoms with Crippen molar-refractivity contribution in [2.45, 2.75) is 30.4 Å². The number of allylic oxidation sites excluding steroid dienone is 1. The van der Waals surface area contributed by atoms with Gasteiger partial charge in [-0.15, -0.1) is 0 Å². The summed E-state index contributed by atoms with van der Waals surface area (Å²) in [6.45, 7) is 1.81. The Bertz CT molecular complexity index is 204. The van der Waals surface area contributed by atoms with Gasteiger partial charge in [-0.25, -0.2) is 0 Å².